The van der Waals surface area contributed by atoms with Gasteiger partial charge in [0.15, 0.2) is 0 Å². The van der Waals surface area contributed by atoms with Crippen LogP contribution in [0.1, 0.15) is 13.8 Å². The van der Waals surface area contributed by atoms with Crippen LogP contribution < -0.4 is 10.6 Å². The van der Waals surface area contributed by atoms with Crippen LogP contribution in [-0.4, -0.2) is 13.1 Å². The maximum absolute atomic E-state index is 5.93. The number of benzene rings is 1. The van der Waals surface area contributed by atoms with E-state index in [-0.39, 0.29) is 0 Å². The first-order chi connectivity index (χ1) is 6.48. The number of halogens is 1. The Hall–Kier alpha value is -0.890. The zero-order chi connectivity index (χ0) is 10.3. The summed E-state index contributed by atoms with van der Waals surface area (Å²) in [5, 5.41) is 0.749. The van der Waals surface area contributed by atoms with Crippen molar-refractivity contribution in [3.63, 3.8) is 0 Å². The Morgan fingerprint density at radius 3 is 2.57 bits per heavy atom. The van der Waals surface area contributed by atoms with E-state index in [0.717, 1.165) is 29.5 Å². The van der Waals surface area contributed by atoms with Crippen molar-refractivity contribution in [2.75, 3.05) is 23.7 Å². The fourth-order valence-electron chi connectivity index (χ4n) is 1.95. The highest BCUT2D eigenvalue weighted by molar-refractivity contribution is 6.31. The summed E-state index contributed by atoms with van der Waals surface area (Å²) in [5.74, 6) is 0. The normalized spacial score (nSPS) is 19.2. The molecule has 1 fully saturated rings. The third kappa shape index (κ3) is 1.67. The highest BCUT2D eigenvalue weighted by atomic mass is 35.5. The molecule has 14 heavy (non-hydrogen) atoms. The molecular weight excluding hydrogens is 196 g/mol. The minimum atomic E-state index is 0.411. The highest BCUT2D eigenvalue weighted by Crippen LogP contribution is 2.37. The number of rotatable bonds is 1. The molecule has 1 saturated heterocycles. The Labute approximate surface area is 89.7 Å². The molecule has 2 nitrogen and oxygen atoms in total. The molecule has 0 saturated carbocycles. The Balaban J connectivity index is 2.22. The van der Waals surface area contributed by atoms with E-state index >= 15 is 0 Å². The minimum absolute atomic E-state index is 0.411. The van der Waals surface area contributed by atoms with Crippen molar-refractivity contribution < 1.29 is 0 Å². The second kappa shape index (κ2) is 3.06. The molecule has 0 spiro atoms. The maximum Gasteiger partial charge on any atom is 0.0615 e. The third-order valence-electron chi connectivity index (χ3n) is 2.57. The highest BCUT2D eigenvalue weighted by Gasteiger charge is 2.34. The monoisotopic (exact) mass is 210 g/mol. The van der Waals surface area contributed by atoms with Crippen LogP contribution >= 0.6 is 11.6 Å². The third-order valence-corrected chi connectivity index (χ3v) is 2.81. The fourth-order valence-corrected chi connectivity index (χ4v) is 2.11. The predicted octanol–water partition coefficient (Wildman–Crippen LogP) is 2.77. The standard InChI is InChI=1S/C11H15ClN2/c1-11(2)6-14(7-11)10-5-8(12)3-4-9(10)13/h3-5H,6-7,13H2,1-2H3. The minimum Gasteiger partial charge on any atom is -0.397 e. The van der Waals surface area contributed by atoms with Crippen molar-refractivity contribution >= 4 is 23.0 Å². The van der Waals surface area contributed by atoms with Crippen LogP contribution in [0.5, 0.6) is 0 Å². The lowest BCUT2D eigenvalue weighted by Crippen LogP contribution is -2.53. The summed E-state index contributed by atoms with van der Waals surface area (Å²) in [6, 6.07) is 5.63. The Kier molecular flexibility index (Phi) is 2.11. The molecule has 0 unspecified atom stereocenters. The molecule has 0 atom stereocenters. The molecule has 1 aliphatic heterocycles. The van der Waals surface area contributed by atoms with Crippen LogP contribution in [0.2, 0.25) is 5.02 Å². The van der Waals surface area contributed by atoms with Crippen molar-refractivity contribution in [3.8, 4) is 0 Å². The Morgan fingerprint density at radius 2 is 2.00 bits per heavy atom. The first-order valence-electron chi connectivity index (χ1n) is 4.78. The lowest BCUT2D eigenvalue weighted by atomic mass is 9.84. The van der Waals surface area contributed by atoms with Crippen LogP contribution in [0.15, 0.2) is 18.2 Å². The van der Waals surface area contributed by atoms with E-state index in [9.17, 15) is 0 Å². The first kappa shape index (κ1) is 9.66. The number of hydrogen-bond donors (Lipinski definition) is 1. The molecule has 1 heterocycles. The summed E-state index contributed by atoms with van der Waals surface area (Å²) in [6.07, 6.45) is 0. The largest absolute Gasteiger partial charge is 0.397 e. The number of nitrogens with two attached hydrogens (primary N) is 1. The summed E-state index contributed by atoms with van der Waals surface area (Å²) >= 11 is 5.93. The van der Waals surface area contributed by atoms with Gasteiger partial charge in [-0.1, -0.05) is 25.4 Å². The van der Waals surface area contributed by atoms with Gasteiger partial charge >= 0.3 is 0 Å². The lowest BCUT2D eigenvalue weighted by Gasteiger charge is -2.47. The predicted molar refractivity (Wildman–Crippen MR) is 61.9 cm³/mol. The molecule has 0 amide bonds. The zero-order valence-electron chi connectivity index (χ0n) is 8.55. The number of nitrogens with zero attached hydrogens (tertiary/aromatic N) is 1. The molecule has 0 aliphatic carbocycles. The van der Waals surface area contributed by atoms with Crippen molar-refractivity contribution in [3.05, 3.63) is 23.2 Å². The summed E-state index contributed by atoms with van der Waals surface area (Å²) in [7, 11) is 0. The van der Waals surface area contributed by atoms with E-state index in [1.54, 1.807) is 0 Å². The van der Waals surface area contributed by atoms with Gasteiger partial charge in [0, 0.05) is 18.1 Å². The molecule has 2 N–H and O–H groups in total. The van der Waals surface area contributed by atoms with E-state index < -0.39 is 0 Å². The van der Waals surface area contributed by atoms with Crippen LogP contribution in [0.3, 0.4) is 0 Å². The van der Waals surface area contributed by atoms with E-state index in [1.165, 1.54) is 0 Å². The van der Waals surface area contributed by atoms with Crippen molar-refractivity contribution in [1.29, 1.82) is 0 Å². The topological polar surface area (TPSA) is 29.3 Å². The van der Waals surface area contributed by atoms with Crippen LogP contribution in [0.25, 0.3) is 0 Å². The van der Waals surface area contributed by atoms with E-state index in [1.807, 2.05) is 18.2 Å². The zero-order valence-corrected chi connectivity index (χ0v) is 9.30. The lowest BCUT2D eigenvalue weighted by molar-refractivity contribution is 0.277. The van der Waals surface area contributed by atoms with Crippen LogP contribution in [-0.2, 0) is 0 Å². The summed E-state index contributed by atoms with van der Waals surface area (Å²) in [6.45, 7) is 6.61. The first-order valence-corrected chi connectivity index (χ1v) is 5.16. The van der Waals surface area contributed by atoms with Gasteiger partial charge in [0.1, 0.15) is 0 Å². The van der Waals surface area contributed by atoms with Crippen molar-refractivity contribution in [1.82, 2.24) is 0 Å². The maximum atomic E-state index is 5.93. The van der Waals surface area contributed by atoms with Gasteiger partial charge in [-0.3, -0.25) is 0 Å². The average Bonchev–Trinajstić information content (AvgIpc) is 2.05. The molecule has 1 aromatic carbocycles. The van der Waals surface area contributed by atoms with E-state index in [4.69, 9.17) is 17.3 Å². The fraction of sp³-hybridized carbons (Fsp3) is 0.455. The number of nitrogen functional groups attached to an aromatic ring is 1. The van der Waals surface area contributed by atoms with E-state index in [2.05, 4.69) is 18.7 Å². The summed E-state index contributed by atoms with van der Waals surface area (Å²) in [5.41, 5.74) is 8.18. The molecule has 0 aromatic heterocycles. The van der Waals surface area contributed by atoms with Crippen LogP contribution in [0, 0.1) is 5.41 Å². The smallest absolute Gasteiger partial charge is 0.0615 e. The second-order valence-electron chi connectivity index (χ2n) is 4.72. The van der Waals surface area contributed by atoms with Gasteiger partial charge in [0.25, 0.3) is 0 Å². The molecule has 1 aliphatic rings. The van der Waals surface area contributed by atoms with Gasteiger partial charge in [-0.15, -0.1) is 0 Å². The molecule has 2 rings (SSSR count). The van der Waals surface area contributed by atoms with Gasteiger partial charge in [0.05, 0.1) is 11.4 Å². The number of hydrogen-bond acceptors (Lipinski definition) is 2. The summed E-state index contributed by atoms with van der Waals surface area (Å²) in [4.78, 5) is 2.27. The molecule has 0 radical (unpaired) electrons. The average molecular weight is 211 g/mol. The summed E-state index contributed by atoms with van der Waals surface area (Å²) < 4.78 is 0. The quantitative estimate of drug-likeness (QED) is 0.723. The van der Waals surface area contributed by atoms with Gasteiger partial charge in [0.2, 0.25) is 0 Å². The molecule has 0 bridgehead atoms. The van der Waals surface area contributed by atoms with Crippen LogP contribution in [0.4, 0.5) is 11.4 Å². The SMILES string of the molecule is CC1(C)CN(c2cc(Cl)ccc2N)C1. The molecule has 3 heteroatoms. The Bertz CT molecular complexity index is 352. The van der Waals surface area contributed by atoms with Gasteiger partial charge in [-0.2, -0.15) is 0 Å². The van der Waals surface area contributed by atoms with E-state index in [0.29, 0.717) is 5.41 Å². The number of anilines is 2. The van der Waals surface area contributed by atoms with Crippen molar-refractivity contribution in [2.45, 2.75) is 13.8 Å². The molecule has 1 aromatic rings. The molecular formula is C11H15ClN2. The molecule has 76 valence electrons. The Morgan fingerprint density at radius 1 is 1.36 bits per heavy atom. The van der Waals surface area contributed by atoms with Gasteiger partial charge in [-0.25, -0.2) is 0 Å². The van der Waals surface area contributed by atoms with Crippen molar-refractivity contribution in [2.24, 2.45) is 5.41 Å². The second-order valence-corrected chi connectivity index (χ2v) is 5.16. The van der Waals surface area contributed by atoms with Gasteiger partial charge in [-0.05, 0) is 23.6 Å². The van der Waals surface area contributed by atoms with Gasteiger partial charge < -0.3 is 10.6 Å².